The lowest BCUT2D eigenvalue weighted by Gasteiger charge is -2.20. The van der Waals surface area contributed by atoms with Crippen LogP contribution in [-0.2, 0) is 28.2 Å². The van der Waals surface area contributed by atoms with Crippen molar-refractivity contribution < 1.29 is 24.2 Å². The molecule has 0 aliphatic carbocycles. The predicted molar refractivity (Wildman–Crippen MR) is 160 cm³/mol. The number of amides is 3. The molecule has 2 unspecified atom stereocenters. The molecule has 2 aromatic carbocycles. The van der Waals surface area contributed by atoms with Crippen LogP contribution in [-0.4, -0.2) is 45.1 Å². The van der Waals surface area contributed by atoms with E-state index in [1.54, 1.807) is 31.2 Å². The topological polar surface area (TPSA) is 218 Å². The summed E-state index contributed by atoms with van der Waals surface area (Å²) in [6, 6.07) is 14.6. The van der Waals surface area contributed by atoms with Crippen molar-refractivity contribution in [3.8, 4) is 0 Å². The lowest BCUT2D eigenvalue weighted by molar-refractivity contribution is -0.124. The van der Waals surface area contributed by atoms with E-state index in [0.717, 1.165) is 21.2 Å². The van der Waals surface area contributed by atoms with Gasteiger partial charge in [0, 0.05) is 23.6 Å². The second-order valence-corrected chi connectivity index (χ2v) is 9.96. The van der Waals surface area contributed by atoms with Crippen LogP contribution in [0.1, 0.15) is 41.9 Å². The number of hydrogen-bond acceptors (Lipinski definition) is 7. The van der Waals surface area contributed by atoms with Crippen LogP contribution in [0.25, 0.3) is 10.4 Å². The van der Waals surface area contributed by atoms with Gasteiger partial charge < -0.3 is 20.9 Å². The highest BCUT2D eigenvalue weighted by molar-refractivity contribution is 6.02. The molecule has 1 aromatic heterocycles. The van der Waals surface area contributed by atoms with Gasteiger partial charge in [-0.05, 0) is 30.0 Å². The summed E-state index contributed by atoms with van der Waals surface area (Å²) in [7, 11) is 0. The molecule has 4 rings (SSSR count). The zero-order chi connectivity index (χ0) is 31.9. The van der Waals surface area contributed by atoms with Gasteiger partial charge in [0.05, 0.1) is 6.20 Å². The third kappa shape index (κ3) is 6.74. The quantitative estimate of drug-likeness (QED) is 0.0776. The van der Waals surface area contributed by atoms with Gasteiger partial charge in [0.25, 0.3) is 5.56 Å². The summed E-state index contributed by atoms with van der Waals surface area (Å²) in [6.07, 6.45) is 0.0735. The minimum absolute atomic E-state index is 0.0366. The van der Waals surface area contributed by atoms with Gasteiger partial charge in [0.15, 0.2) is 0 Å². The molecule has 44 heavy (non-hydrogen) atoms. The Labute approximate surface area is 250 Å². The summed E-state index contributed by atoms with van der Waals surface area (Å²) in [6.45, 7) is 4.98. The van der Waals surface area contributed by atoms with Crippen molar-refractivity contribution in [2.45, 2.75) is 38.1 Å². The average molecular weight is 600 g/mol. The Hall–Kier alpha value is -5.95. The van der Waals surface area contributed by atoms with Gasteiger partial charge in [-0.2, -0.15) is 4.99 Å². The number of nitrogens with one attached hydrogen (secondary N) is 1. The second-order valence-electron chi connectivity index (χ2n) is 9.96. The van der Waals surface area contributed by atoms with E-state index in [1.807, 2.05) is 30.3 Å². The maximum atomic E-state index is 13.5. The molecule has 226 valence electrons. The Balaban J connectivity index is 1.47. The lowest BCUT2D eigenvalue weighted by atomic mass is 9.97. The van der Waals surface area contributed by atoms with E-state index in [2.05, 4.69) is 31.9 Å². The number of carbonyl (C=O) groups excluding carboxylic acids is 2. The van der Waals surface area contributed by atoms with Gasteiger partial charge in [-0.1, -0.05) is 65.8 Å². The maximum absolute atomic E-state index is 13.5. The number of azide groups is 1. The predicted octanol–water partition coefficient (Wildman–Crippen LogP) is 3.74. The van der Waals surface area contributed by atoms with E-state index in [4.69, 9.17) is 16.0 Å². The molecule has 4 N–H and O–H groups in total. The minimum atomic E-state index is -1.40. The van der Waals surface area contributed by atoms with Crippen LogP contribution in [0.5, 0.6) is 0 Å². The fourth-order valence-electron chi connectivity index (χ4n) is 4.71. The van der Waals surface area contributed by atoms with Gasteiger partial charge >= 0.3 is 12.2 Å². The molecule has 1 aliphatic rings. The Morgan fingerprint density at radius 1 is 1.25 bits per heavy atom. The molecule has 15 nitrogen and oxygen atoms in total. The second kappa shape index (κ2) is 13.4. The molecular formula is C29H29N9O6. The summed E-state index contributed by atoms with van der Waals surface area (Å²) in [5, 5.41) is 16.1. The standard InChI is InChI=1S/C29H29N9O6/c1-3-13-37(28(42)43)22-16-33-26-29(2,35-36-31)14-21(38(26)25(22)40)24(39)32-15-18-9-11-20(12-10-18)23(30)34-27(41)44-17-19-7-5-4-6-8-19/h3-12,16,21H,1,13-15,17H2,2H3,(H,32,39)(H,42,43)(H2,30,34,41). The van der Waals surface area contributed by atoms with E-state index < -0.39 is 35.2 Å². The summed E-state index contributed by atoms with van der Waals surface area (Å²) in [5.41, 5.74) is 14.6. The molecular weight excluding hydrogens is 570 g/mol. The molecule has 3 amide bonds. The first-order valence-electron chi connectivity index (χ1n) is 13.3. The van der Waals surface area contributed by atoms with Crippen LogP contribution >= 0.6 is 0 Å². The molecule has 15 heteroatoms. The highest BCUT2D eigenvalue weighted by Gasteiger charge is 2.46. The van der Waals surface area contributed by atoms with Crippen molar-refractivity contribution in [2.24, 2.45) is 15.8 Å². The zero-order valence-electron chi connectivity index (χ0n) is 23.7. The molecule has 0 radical (unpaired) electrons. The van der Waals surface area contributed by atoms with Gasteiger partial charge in [0.2, 0.25) is 5.91 Å². The van der Waals surface area contributed by atoms with Crippen molar-refractivity contribution in [3.05, 3.63) is 117 Å². The third-order valence-corrected chi connectivity index (χ3v) is 6.89. The van der Waals surface area contributed by atoms with Gasteiger partial charge in [-0.3, -0.25) is 19.1 Å². The van der Waals surface area contributed by atoms with Gasteiger partial charge in [0.1, 0.15) is 35.5 Å². The number of fused-ring (bicyclic) bond motifs is 1. The first kappa shape index (κ1) is 31.0. The molecule has 0 saturated heterocycles. The van der Waals surface area contributed by atoms with Crippen molar-refractivity contribution in [1.29, 1.82) is 0 Å². The summed E-state index contributed by atoms with van der Waals surface area (Å²) in [5.74, 6) is -0.580. The van der Waals surface area contributed by atoms with Crippen LogP contribution in [0.15, 0.2) is 88.4 Å². The molecule has 2 heterocycles. The van der Waals surface area contributed by atoms with Crippen molar-refractivity contribution in [3.63, 3.8) is 0 Å². The number of nitrogens with two attached hydrogens (primary N) is 1. The summed E-state index contributed by atoms with van der Waals surface area (Å²) < 4.78 is 6.18. The van der Waals surface area contributed by atoms with E-state index in [9.17, 15) is 24.3 Å². The number of hydrogen-bond donors (Lipinski definition) is 3. The Kier molecular flexibility index (Phi) is 9.41. The number of aliphatic imine (C=N–C) groups is 1. The van der Waals surface area contributed by atoms with Crippen LogP contribution < -0.4 is 21.5 Å². The highest BCUT2D eigenvalue weighted by Crippen LogP contribution is 2.40. The van der Waals surface area contributed by atoms with E-state index >= 15 is 0 Å². The minimum Gasteiger partial charge on any atom is -0.465 e. The number of nitrogens with zero attached hydrogens (tertiary/aromatic N) is 7. The molecule has 0 bridgehead atoms. The largest absolute Gasteiger partial charge is 0.465 e. The third-order valence-electron chi connectivity index (χ3n) is 6.89. The number of rotatable bonds is 10. The Morgan fingerprint density at radius 3 is 2.59 bits per heavy atom. The fraction of sp³-hybridized carbons (Fsp3) is 0.241. The molecule has 3 aromatic rings. The molecule has 1 aliphatic heterocycles. The number of carboxylic acid groups (broad SMARTS) is 1. The van der Waals surface area contributed by atoms with E-state index in [0.29, 0.717) is 11.1 Å². The van der Waals surface area contributed by atoms with Crippen LogP contribution in [0.3, 0.4) is 0 Å². The molecule has 0 fully saturated rings. The van der Waals surface area contributed by atoms with Gasteiger partial charge in [-0.15, -0.1) is 6.58 Å². The fourth-order valence-corrected chi connectivity index (χ4v) is 4.71. The van der Waals surface area contributed by atoms with E-state index in [-0.39, 0.29) is 43.5 Å². The first-order valence-corrected chi connectivity index (χ1v) is 13.3. The highest BCUT2D eigenvalue weighted by atomic mass is 16.5. The van der Waals surface area contributed by atoms with E-state index in [1.165, 1.54) is 6.08 Å². The Morgan fingerprint density at radius 2 is 1.95 bits per heavy atom. The molecule has 0 saturated carbocycles. The number of aromatic nitrogens is 2. The number of ether oxygens (including phenoxy) is 1. The van der Waals surface area contributed by atoms with Crippen LogP contribution in [0, 0.1) is 0 Å². The monoisotopic (exact) mass is 599 g/mol. The van der Waals surface area contributed by atoms with Gasteiger partial charge in [-0.25, -0.2) is 14.6 Å². The molecule has 0 spiro atoms. The smallest absolute Gasteiger partial charge is 0.435 e. The SMILES string of the molecule is C=CCN(C(=O)O)c1cnc2n(c1=O)C(C(=O)NCc1ccc(/C(N)=N\C(=O)OCc3ccccc3)cc1)CC2(C)N=[N+]=[N-]. The van der Waals surface area contributed by atoms with Crippen LogP contribution in [0.2, 0.25) is 0 Å². The van der Waals surface area contributed by atoms with Crippen molar-refractivity contribution in [1.82, 2.24) is 14.9 Å². The van der Waals surface area contributed by atoms with Crippen molar-refractivity contribution >= 4 is 29.6 Å². The summed E-state index contributed by atoms with van der Waals surface area (Å²) >= 11 is 0. The first-order chi connectivity index (χ1) is 21.1. The summed E-state index contributed by atoms with van der Waals surface area (Å²) in [4.78, 5) is 62.3. The normalized spacial score (nSPS) is 17.1. The van der Waals surface area contributed by atoms with Crippen LogP contribution in [0.4, 0.5) is 15.3 Å². The maximum Gasteiger partial charge on any atom is 0.435 e. The number of carbonyl (C=O) groups is 3. The average Bonchev–Trinajstić information content (AvgIpc) is 3.31. The lowest BCUT2D eigenvalue weighted by Crippen LogP contribution is -2.40. The number of benzene rings is 2. The Bertz CT molecular complexity index is 1720. The number of anilines is 1. The zero-order valence-corrected chi connectivity index (χ0v) is 23.7. The molecule has 2 atom stereocenters. The number of amidine groups is 1. The van der Waals surface area contributed by atoms with Crippen molar-refractivity contribution in [2.75, 3.05) is 11.4 Å².